The SMILES string of the molecule is CCN(CCO)C(=O)c1cncc(-c2cccc(C)c2)c1. The summed E-state index contributed by atoms with van der Waals surface area (Å²) in [6.07, 6.45) is 3.33. The fourth-order valence-electron chi connectivity index (χ4n) is 2.25. The van der Waals surface area contributed by atoms with Gasteiger partial charge in [-0.2, -0.15) is 0 Å². The van der Waals surface area contributed by atoms with Crippen molar-refractivity contribution in [3.63, 3.8) is 0 Å². The smallest absolute Gasteiger partial charge is 0.255 e. The van der Waals surface area contributed by atoms with Crippen molar-refractivity contribution in [2.24, 2.45) is 0 Å². The molecule has 0 aliphatic heterocycles. The topological polar surface area (TPSA) is 53.4 Å². The molecule has 1 N–H and O–H groups in total. The van der Waals surface area contributed by atoms with Crippen LogP contribution < -0.4 is 0 Å². The summed E-state index contributed by atoms with van der Waals surface area (Å²) in [5, 5.41) is 9.02. The van der Waals surface area contributed by atoms with Gasteiger partial charge in [0.2, 0.25) is 0 Å². The first-order valence-corrected chi connectivity index (χ1v) is 7.08. The standard InChI is InChI=1S/C17H20N2O2/c1-3-19(7-8-20)17(21)16-10-15(11-18-12-16)14-6-4-5-13(2)9-14/h4-6,9-12,20H,3,7-8H2,1-2H3. The maximum Gasteiger partial charge on any atom is 0.255 e. The predicted molar refractivity (Wildman–Crippen MR) is 83.1 cm³/mol. The molecule has 4 nitrogen and oxygen atoms in total. The molecule has 21 heavy (non-hydrogen) atoms. The Hall–Kier alpha value is -2.20. The van der Waals surface area contributed by atoms with Gasteiger partial charge in [0.25, 0.3) is 5.91 Å². The summed E-state index contributed by atoms with van der Waals surface area (Å²) in [7, 11) is 0. The van der Waals surface area contributed by atoms with Gasteiger partial charge in [0.05, 0.1) is 12.2 Å². The van der Waals surface area contributed by atoms with Crippen molar-refractivity contribution >= 4 is 5.91 Å². The van der Waals surface area contributed by atoms with Crippen LogP contribution in [0.4, 0.5) is 0 Å². The molecule has 0 fully saturated rings. The molecule has 1 aromatic heterocycles. The monoisotopic (exact) mass is 284 g/mol. The number of aliphatic hydroxyl groups excluding tert-OH is 1. The molecule has 1 heterocycles. The molecule has 0 unspecified atom stereocenters. The molecule has 0 spiro atoms. The molecule has 0 aliphatic rings. The van der Waals surface area contributed by atoms with E-state index in [0.717, 1.165) is 11.1 Å². The minimum atomic E-state index is -0.103. The van der Waals surface area contributed by atoms with E-state index in [1.807, 2.05) is 38.1 Å². The number of aliphatic hydroxyl groups is 1. The summed E-state index contributed by atoms with van der Waals surface area (Å²) in [5.74, 6) is -0.103. The summed E-state index contributed by atoms with van der Waals surface area (Å²) in [6, 6.07) is 9.94. The van der Waals surface area contributed by atoms with Gasteiger partial charge in [-0.3, -0.25) is 9.78 Å². The van der Waals surface area contributed by atoms with Crippen molar-refractivity contribution in [1.29, 1.82) is 0 Å². The minimum Gasteiger partial charge on any atom is -0.395 e. The van der Waals surface area contributed by atoms with Gasteiger partial charge in [-0.1, -0.05) is 29.8 Å². The second-order valence-corrected chi connectivity index (χ2v) is 4.94. The molecule has 1 amide bonds. The Bertz CT molecular complexity index is 626. The third kappa shape index (κ3) is 3.67. The number of aromatic nitrogens is 1. The van der Waals surface area contributed by atoms with Crippen LogP contribution in [-0.2, 0) is 0 Å². The van der Waals surface area contributed by atoms with Gasteiger partial charge in [-0.15, -0.1) is 0 Å². The molecular weight excluding hydrogens is 264 g/mol. The number of pyridine rings is 1. The Morgan fingerprint density at radius 2 is 2.05 bits per heavy atom. The van der Waals surface area contributed by atoms with Crippen molar-refractivity contribution in [3.8, 4) is 11.1 Å². The number of carbonyl (C=O) groups excluding carboxylic acids is 1. The lowest BCUT2D eigenvalue weighted by molar-refractivity contribution is 0.0731. The average Bonchev–Trinajstić information content (AvgIpc) is 2.52. The average molecular weight is 284 g/mol. The zero-order chi connectivity index (χ0) is 15.2. The maximum atomic E-state index is 12.4. The van der Waals surface area contributed by atoms with Gasteiger partial charge in [-0.25, -0.2) is 0 Å². The molecule has 2 aromatic rings. The molecule has 0 bridgehead atoms. The van der Waals surface area contributed by atoms with Crippen LogP contribution in [0.3, 0.4) is 0 Å². The minimum absolute atomic E-state index is 0.0371. The van der Waals surface area contributed by atoms with E-state index in [0.29, 0.717) is 18.7 Å². The molecule has 110 valence electrons. The zero-order valence-electron chi connectivity index (χ0n) is 12.4. The van der Waals surface area contributed by atoms with Gasteiger partial charge in [0.15, 0.2) is 0 Å². The van der Waals surface area contributed by atoms with Crippen molar-refractivity contribution in [3.05, 3.63) is 53.9 Å². The summed E-state index contributed by atoms with van der Waals surface area (Å²) in [4.78, 5) is 18.2. The Morgan fingerprint density at radius 3 is 2.71 bits per heavy atom. The number of likely N-dealkylation sites (N-methyl/N-ethyl adjacent to an activating group) is 1. The van der Waals surface area contributed by atoms with E-state index in [-0.39, 0.29) is 12.5 Å². The van der Waals surface area contributed by atoms with Crippen LogP contribution in [0.1, 0.15) is 22.8 Å². The molecule has 0 atom stereocenters. The largest absolute Gasteiger partial charge is 0.395 e. The third-order valence-electron chi connectivity index (χ3n) is 3.38. The summed E-state index contributed by atoms with van der Waals surface area (Å²) in [5.41, 5.74) is 3.68. The number of benzene rings is 1. The second kappa shape index (κ2) is 6.99. The number of hydrogen-bond donors (Lipinski definition) is 1. The summed E-state index contributed by atoms with van der Waals surface area (Å²) >= 11 is 0. The lowest BCUT2D eigenvalue weighted by Gasteiger charge is -2.19. The molecule has 2 rings (SSSR count). The number of amides is 1. The molecule has 0 aliphatic carbocycles. The summed E-state index contributed by atoms with van der Waals surface area (Å²) in [6.45, 7) is 4.79. The quantitative estimate of drug-likeness (QED) is 0.918. The van der Waals surface area contributed by atoms with Crippen LogP contribution in [0.5, 0.6) is 0 Å². The highest BCUT2D eigenvalue weighted by Crippen LogP contribution is 2.21. The number of nitrogens with zero attached hydrogens (tertiary/aromatic N) is 2. The Kier molecular flexibility index (Phi) is 5.06. The fraction of sp³-hybridized carbons (Fsp3) is 0.294. The van der Waals surface area contributed by atoms with Crippen LogP contribution in [0.25, 0.3) is 11.1 Å². The Morgan fingerprint density at radius 1 is 1.24 bits per heavy atom. The Labute approximate surface area is 125 Å². The predicted octanol–water partition coefficient (Wildman–Crippen LogP) is 2.51. The van der Waals surface area contributed by atoms with E-state index in [4.69, 9.17) is 5.11 Å². The second-order valence-electron chi connectivity index (χ2n) is 4.94. The Balaban J connectivity index is 2.31. The van der Waals surface area contributed by atoms with Crippen LogP contribution in [0.2, 0.25) is 0 Å². The van der Waals surface area contributed by atoms with E-state index in [1.165, 1.54) is 5.56 Å². The molecule has 0 saturated carbocycles. The highest BCUT2D eigenvalue weighted by molar-refractivity contribution is 5.95. The molecule has 0 saturated heterocycles. The first kappa shape index (κ1) is 15.2. The molecular formula is C17H20N2O2. The third-order valence-corrected chi connectivity index (χ3v) is 3.38. The van der Waals surface area contributed by atoms with Gasteiger partial charge < -0.3 is 10.0 Å². The van der Waals surface area contributed by atoms with Crippen LogP contribution >= 0.6 is 0 Å². The molecule has 0 radical (unpaired) electrons. The van der Waals surface area contributed by atoms with E-state index in [2.05, 4.69) is 11.1 Å². The van der Waals surface area contributed by atoms with Gasteiger partial charge >= 0.3 is 0 Å². The van der Waals surface area contributed by atoms with E-state index < -0.39 is 0 Å². The van der Waals surface area contributed by atoms with Gasteiger partial charge in [0.1, 0.15) is 0 Å². The molecule has 4 heteroatoms. The van der Waals surface area contributed by atoms with E-state index in [9.17, 15) is 4.79 Å². The van der Waals surface area contributed by atoms with Crippen LogP contribution in [0, 0.1) is 6.92 Å². The molecule has 1 aromatic carbocycles. The van der Waals surface area contributed by atoms with E-state index in [1.54, 1.807) is 17.3 Å². The van der Waals surface area contributed by atoms with Crippen molar-refractivity contribution in [1.82, 2.24) is 9.88 Å². The van der Waals surface area contributed by atoms with Crippen LogP contribution in [-0.4, -0.2) is 40.6 Å². The first-order chi connectivity index (χ1) is 10.2. The highest BCUT2D eigenvalue weighted by atomic mass is 16.3. The van der Waals surface area contributed by atoms with Crippen molar-refractivity contribution in [2.45, 2.75) is 13.8 Å². The zero-order valence-corrected chi connectivity index (χ0v) is 12.4. The highest BCUT2D eigenvalue weighted by Gasteiger charge is 2.14. The number of carbonyl (C=O) groups is 1. The lowest BCUT2D eigenvalue weighted by atomic mass is 10.0. The van der Waals surface area contributed by atoms with Gasteiger partial charge in [-0.05, 0) is 25.5 Å². The van der Waals surface area contributed by atoms with E-state index >= 15 is 0 Å². The van der Waals surface area contributed by atoms with Crippen LogP contribution in [0.15, 0.2) is 42.7 Å². The van der Waals surface area contributed by atoms with Crippen molar-refractivity contribution in [2.75, 3.05) is 19.7 Å². The van der Waals surface area contributed by atoms with Crippen molar-refractivity contribution < 1.29 is 9.90 Å². The normalized spacial score (nSPS) is 10.4. The lowest BCUT2D eigenvalue weighted by Crippen LogP contribution is -2.33. The van der Waals surface area contributed by atoms with Gasteiger partial charge in [0, 0.05) is 31.0 Å². The number of aryl methyl sites for hydroxylation is 1. The first-order valence-electron chi connectivity index (χ1n) is 7.08. The maximum absolute atomic E-state index is 12.4. The number of rotatable bonds is 5. The fourth-order valence-corrected chi connectivity index (χ4v) is 2.25. The number of hydrogen-bond acceptors (Lipinski definition) is 3. The summed E-state index contributed by atoms with van der Waals surface area (Å²) < 4.78 is 0.